The fraction of sp³-hybridized carbons (Fsp3) is 0.435. The molecule has 0 N–H and O–H groups in total. The van der Waals surface area contributed by atoms with Crippen LogP contribution >= 0.6 is 11.8 Å². The number of nitrogens with zero attached hydrogens (tertiary/aromatic N) is 5. The molecular weight excluding hydrogens is 458 g/mol. The average Bonchev–Trinajstić information content (AvgIpc) is 3.24. The van der Waals surface area contributed by atoms with Crippen molar-refractivity contribution in [1.29, 1.82) is 0 Å². The van der Waals surface area contributed by atoms with Crippen LogP contribution in [0.5, 0.6) is 0 Å². The summed E-state index contributed by atoms with van der Waals surface area (Å²) < 4.78 is 5.09. The summed E-state index contributed by atoms with van der Waals surface area (Å²) in [5.41, 5.74) is 2.10. The number of nitro benzene ring substituents is 1. The van der Waals surface area contributed by atoms with Gasteiger partial charge in [-0.2, -0.15) is 0 Å². The molecule has 0 saturated carbocycles. The Balaban J connectivity index is 1.72. The van der Waals surface area contributed by atoms with Crippen molar-refractivity contribution in [1.82, 2.24) is 14.7 Å². The minimum Gasteiger partial charge on any atom is -0.466 e. The second-order valence-electron chi connectivity index (χ2n) is 8.31. The number of rotatable bonds is 6. The average molecular weight is 486 g/mol. The molecule has 34 heavy (non-hydrogen) atoms. The predicted octanol–water partition coefficient (Wildman–Crippen LogP) is 2.90. The summed E-state index contributed by atoms with van der Waals surface area (Å²) in [6.07, 6.45) is 0.639. The molecule has 0 spiro atoms. The Bertz CT molecular complexity index is 1110. The Labute approximate surface area is 202 Å². The summed E-state index contributed by atoms with van der Waals surface area (Å²) in [5, 5.41) is 14.0. The van der Waals surface area contributed by atoms with E-state index in [2.05, 4.69) is 4.90 Å². The van der Waals surface area contributed by atoms with Gasteiger partial charge in [0.05, 0.1) is 35.8 Å². The molecule has 3 aliphatic rings. The van der Waals surface area contributed by atoms with Crippen molar-refractivity contribution in [2.75, 3.05) is 40.3 Å². The van der Waals surface area contributed by atoms with E-state index in [4.69, 9.17) is 9.73 Å². The van der Waals surface area contributed by atoms with Gasteiger partial charge in [-0.3, -0.25) is 14.9 Å². The molecule has 1 aromatic rings. The number of piperazine rings is 1. The number of hydrogen-bond acceptors (Lipinski definition) is 9. The number of ether oxygens (including phenoxy) is 1. The quantitative estimate of drug-likeness (QED) is 0.344. The van der Waals surface area contributed by atoms with Gasteiger partial charge in [-0.25, -0.2) is 9.79 Å². The number of likely N-dealkylation sites (N-methyl/N-ethyl adjacent to an activating group) is 1. The highest BCUT2D eigenvalue weighted by Crippen LogP contribution is 2.46. The standard InChI is InChI=1S/C23H27N5O5S/c1-4-18-20(22(30)33-3)21(15-6-5-7-16(12-15)28(31)32)27-17(14-34-23(27)24-18)13-19(29)26-10-8-25(2)9-11-26/h5-7,12,14,21H,4,8-11,13H2,1-3H3/t21-/m0/s1. The molecule has 10 nitrogen and oxygen atoms in total. The topological polar surface area (TPSA) is 109 Å². The maximum atomic E-state index is 13.1. The minimum absolute atomic E-state index is 0.00359. The van der Waals surface area contributed by atoms with Crippen LogP contribution in [0.1, 0.15) is 31.4 Å². The first-order valence-corrected chi connectivity index (χ1v) is 12.0. The van der Waals surface area contributed by atoms with Crippen LogP contribution < -0.4 is 0 Å². The fourth-order valence-corrected chi connectivity index (χ4v) is 5.30. The Hall–Kier alpha value is -3.18. The number of allylic oxidation sites excluding steroid dienone is 1. The van der Waals surface area contributed by atoms with Crippen LogP contribution in [-0.4, -0.2) is 77.0 Å². The third-order valence-electron chi connectivity index (χ3n) is 6.21. The number of esters is 1. The maximum absolute atomic E-state index is 13.1. The molecule has 180 valence electrons. The van der Waals surface area contributed by atoms with Crippen molar-refractivity contribution >= 4 is 34.5 Å². The van der Waals surface area contributed by atoms with Gasteiger partial charge in [0.2, 0.25) is 5.91 Å². The van der Waals surface area contributed by atoms with E-state index in [0.717, 1.165) is 13.1 Å². The smallest absolute Gasteiger partial charge is 0.338 e. The molecule has 1 amide bonds. The van der Waals surface area contributed by atoms with E-state index in [1.807, 2.05) is 29.2 Å². The maximum Gasteiger partial charge on any atom is 0.338 e. The van der Waals surface area contributed by atoms with E-state index in [9.17, 15) is 19.7 Å². The molecule has 0 unspecified atom stereocenters. The van der Waals surface area contributed by atoms with Gasteiger partial charge < -0.3 is 19.4 Å². The third kappa shape index (κ3) is 4.58. The SMILES string of the molecule is CCC1=C(C(=O)OC)[C@H](c2cccc([N+](=O)[O-])c2)N2C(CC(=O)N3CCN(C)CC3)=CSC2=N1. The molecule has 1 aromatic carbocycles. The number of carbonyl (C=O) groups is 2. The summed E-state index contributed by atoms with van der Waals surface area (Å²) in [6, 6.07) is 5.54. The highest BCUT2D eigenvalue weighted by Gasteiger charge is 2.42. The van der Waals surface area contributed by atoms with Gasteiger partial charge >= 0.3 is 5.97 Å². The van der Waals surface area contributed by atoms with Gasteiger partial charge in [0.25, 0.3) is 5.69 Å². The molecular formula is C23H27N5O5S. The van der Waals surface area contributed by atoms with Gasteiger partial charge in [0.1, 0.15) is 0 Å². The van der Waals surface area contributed by atoms with Crippen molar-refractivity contribution in [2.24, 2.45) is 4.99 Å². The third-order valence-corrected chi connectivity index (χ3v) is 7.10. The molecule has 1 saturated heterocycles. The normalized spacial score (nSPS) is 20.6. The first-order valence-electron chi connectivity index (χ1n) is 11.1. The van der Waals surface area contributed by atoms with Crippen molar-refractivity contribution in [3.05, 3.63) is 62.3 Å². The predicted molar refractivity (Wildman–Crippen MR) is 129 cm³/mol. The molecule has 11 heteroatoms. The highest BCUT2D eigenvalue weighted by molar-refractivity contribution is 8.16. The lowest BCUT2D eigenvalue weighted by atomic mass is 9.92. The van der Waals surface area contributed by atoms with Crippen molar-refractivity contribution < 1.29 is 19.2 Å². The zero-order valence-corrected chi connectivity index (χ0v) is 20.2. The van der Waals surface area contributed by atoms with Crippen LogP contribution in [0.3, 0.4) is 0 Å². The van der Waals surface area contributed by atoms with E-state index < -0.39 is 16.9 Å². The number of benzene rings is 1. The Morgan fingerprint density at radius 2 is 2.00 bits per heavy atom. The van der Waals surface area contributed by atoms with Gasteiger partial charge in [0, 0.05) is 44.0 Å². The van der Waals surface area contributed by atoms with Crippen LogP contribution in [0.4, 0.5) is 5.69 Å². The highest BCUT2D eigenvalue weighted by atomic mass is 32.2. The van der Waals surface area contributed by atoms with Crippen LogP contribution in [0.25, 0.3) is 0 Å². The molecule has 3 heterocycles. The summed E-state index contributed by atoms with van der Waals surface area (Å²) in [5.74, 6) is -0.540. The lowest BCUT2D eigenvalue weighted by Crippen LogP contribution is -2.47. The molecule has 4 rings (SSSR count). The summed E-state index contributed by atoms with van der Waals surface area (Å²) in [6.45, 7) is 4.87. The molecule has 3 aliphatic heterocycles. The van der Waals surface area contributed by atoms with Gasteiger partial charge in [-0.1, -0.05) is 30.8 Å². The number of hydrogen-bond donors (Lipinski definition) is 0. The Kier molecular flexibility index (Phi) is 7.03. The Morgan fingerprint density at radius 3 is 2.65 bits per heavy atom. The monoisotopic (exact) mass is 485 g/mol. The van der Waals surface area contributed by atoms with Crippen LogP contribution in [0.15, 0.2) is 51.6 Å². The van der Waals surface area contributed by atoms with E-state index in [1.54, 1.807) is 12.1 Å². The molecule has 0 radical (unpaired) electrons. The zero-order valence-electron chi connectivity index (χ0n) is 19.4. The largest absolute Gasteiger partial charge is 0.466 e. The summed E-state index contributed by atoms with van der Waals surface area (Å²) in [7, 11) is 3.34. The number of amidine groups is 1. The summed E-state index contributed by atoms with van der Waals surface area (Å²) in [4.78, 5) is 47.6. The van der Waals surface area contributed by atoms with Gasteiger partial charge in [0.15, 0.2) is 5.17 Å². The second-order valence-corrected chi connectivity index (χ2v) is 9.15. The lowest BCUT2D eigenvalue weighted by molar-refractivity contribution is -0.384. The number of non-ortho nitro benzene ring substituents is 1. The van der Waals surface area contributed by atoms with E-state index in [0.29, 0.717) is 47.2 Å². The first-order chi connectivity index (χ1) is 16.3. The van der Waals surface area contributed by atoms with E-state index in [1.165, 1.54) is 31.0 Å². The van der Waals surface area contributed by atoms with E-state index in [-0.39, 0.29) is 18.0 Å². The number of carbonyl (C=O) groups excluding carboxylic acids is 2. The molecule has 1 fully saturated rings. The number of amides is 1. The van der Waals surface area contributed by atoms with Gasteiger partial charge in [-0.15, -0.1) is 0 Å². The number of methoxy groups -OCH3 is 1. The number of aliphatic imine (C=N–C) groups is 1. The molecule has 0 aromatic heterocycles. The van der Waals surface area contributed by atoms with E-state index >= 15 is 0 Å². The first kappa shape index (κ1) is 24.0. The second kappa shape index (κ2) is 9.98. The number of fused-ring (bicyclic) bond motifs is 1. The van der Waals surface area contributed by atoms with Crippen molar-refractivity contribution in [3.63, 3.8) is 0 Å². The number of nitro groups is 1. The molecule has 0 aliphatic carbocycles. The lowest BCUT2D eigenvalue weighted by Gasteiger charge is -2.37. The number of thioether (sulfide) groups is 1. The zero-order chi connectivity index (χ0) is 24.4. The minimum atomic E-state index is -0.684. The van der Waals surface area contributed by atoms with Crippen LogP contribution in [0, 0.1) is 10.1 Å². The van der Waals surface area contributed by atoms with Crippen LogP contribution in [0.2, 0.25) is 0 Å². The van der Waals surface area contributed by atoms with Crippen molar-refractivity contribution in [2.45, 2.75) is 25.8 Å². The molecule has 0 bridgehead atoms. The fourth-order valence-electron chi connectivity index (χ4n) is 4.36. The van der Waals surface area contributed by atoms with Gasteiger partial charge in [-0.05, 0) is 24.4 Å². The summed E-state index contributed by atoms with van der Waals surface area (Å²) >= 11 is 1.39. The van der Waals surface area contributed by atoms with Crippen molar-refractivity contribution in [3.8, 4) is 0 Å². The molecule has 1 atom stereocenters. The van der Waals surface area contributed by atoms with Crippen LogP contribution in [-0.2, 0) is 14.3 Å². The Morgan fingerprint density at radius 1 is 1.26 bits per heavy atom.